The molecule has 1 aromatic carbocycles. The van der Waals surface area contributed by atoms with Gasteiger partial charge in [-0.15, -0.1) is 0 Å². The zero-order valence-corrected chi connectivity index (χ0v) is 12.6. The van der Waals surface area contributed by atoms with Crippen molar-refractivity contribution in [3.05, 3.63) is 42.6 Å². The lowest BCUT2D eigenvalue weighted by Crippen LogP contribution is -2.15. The van der Waals surface area contributed by atoms with Crippen molar-refractivity contribution in [2.45, 2.75) is 4.90 Å². The van der Waals surface area contributed by atoms with E-state index in [1.165, 1.54) is 18.3 Å². The summed E-state index contributed by atoms with van der Waals surface area (Å²) in [5.74, 6) is 5.51. The highest BCUT2D eigenvalue weighted by Crippen LogP contribution is 2.20. The van der Waals surface area contributed by atoms with E-state index in [1.807, 2.05) is 31.1 Å². The van der Waals surface area contributed by atoms with Gasteiger partial charge in [-0.3, -0.25) is 4.72 Å². The van der Waals surface area contributed by atoms with E-state index in [9.17, 15) is 8.42 Å². The molecule has 0 aliphatic heterocycles. The lowest BCUT2D eigenvalue weighted by Gasteiger charge is -2.13. The number of hydrogen-bond acceptors (Lipinski definition) is 6. The molecular weight excluding hydrogens is 290 g/mol. The van der Waals surface area contributed by atoms with Gasteiger partial charge in [-0.2, -0.15) is 0 Å². The Labute approximate surface area is 123 Å². The smallest absolute Gasteiger partial charge is 0.262 e. The maximum absolute atomic E-state index is 12.3. The van der Waals surface area contributed by atoms with E-state index in [4.69, 9.17) is 5.84 Å². The highest BCUT2D eigenvalue weighted by molar-refractivity contribution is 7.92. The van der Waals surface area contributed by atoms with Gasteiger partial charge in [-0.1, -0.05) is 0 Å². The van der Waals surface area contributed by atoms with E-state index in [2.05, 4.69) is 15.1 Å². The Kier molecular flexibility index (Phi) is 4.29. The van der Waals surface area contributed by atoms with Gasteiger partial charge in [0.1, 0.15) is 5.82 Å². The predicted molar refractivity (Wildman–Crippen MR) is 83.6 cm³/mol. The van der Waals surface area contributed by atoms with Crippen molar-refractivity contribution in [1.82, 2.24) is 4.98 Å². The molecule has 0 unspecified atom stereocenters. The number of benzene rings is 1. The molecule has 4 N–H and O–H groups in total. The molecule has 0 spiro atoms. The maximum atomic E-state index is 12.3. The van der Waals surface area contributed by atoms with Crippen LogP contribution in [0.2, 0.25) is 0 Å². The molecule has 21 heavy (non-hydrogen) atoms. The number of nitrogens with two attached hydrogens (primary N) is 1. The summed E-state index contributed by atoms with van der Waals surface area (Å²) in [6, 6.07) is 9.83. The van der Waals surface area contributed by atoms with Crippen LogP contribution in [0.3, 0.4) is 0 Å². The predicted octanol–water partition coefficient (Wildman–Crippen LogP) is 1.23. The first-order valence-electron chi connectivity index (χ1n) is 6.15. The van der Waals surface area contributed by atoms with Gasteiger partial charge in [0.2, 0.25) is 0 Å². The highest BCUT2D eigenvalue weighted by atomic mass is 32.2. The van der Waals surface area contributed by atoms with Gasteiger partial charge in [-0.05, 0) is 30.3 Å². The molecule has 2 rings (SSSR count). The van der Waals surface area contributed by atoms with Crippen molar-refractivity contribution in [2.75, 3.05) is 29.1 Å². The van der Waals surface area contributed by atoms with Crippen molar-refractivity contribution in [2.24, 2.45) is 5.84 Å². The summed E-state index contributed by atoms with van der Waals surface area (Å²) in [6.45, 7) is 0. The molecule has 0 atom stereocenters. The Morgan fingerprint density at radius 3 is 2.38 bits per heavy atom. The molecule has 1 aromatic heterocycles. The van der Waals surface area contributed by atoms with E-state index in [-0.39, 0.29) is 10.7 Å². The van der Waals surface area contributed by atoms with E-state index in [0.29, 0.717) is 5.69 Å². The zero-order valence-electron chi connectivity index (χ0n) is 11.7. The van der Waals surface area contributed by atoms with Crippen LogP contribution >= 0.6 is 0 Å². The zero-order chi connectivity index (χ0) is 15.5. The number of nitrogens with one attached hydrogen (secondary N) is 2. The fourth-order valence-electron chi connectivity index (χ4n) is 1.70. The number of rotatable bonds is 5. The highest BCUT2D eigenvalue weighted by Gasteiger charge is 2.15. The Morgan fingerprint density at radius 1 is 1.14 bits per heavy atom. The summed E-state index contributed by atoms with van der Waals surface area (Å²) in [7, 11) is 0.150. The molecule has 0 aliphatic carbocycles. The molecule has 0 radical (unpaired) electrons. The van der Waals surface area contributed by atoms with E-state index >= 15 is 0 Å². The lowest BCUT2D eigenvalue weighted by atomic mass is 10.3. The standard InChI is InChI=1S/C13H17N5O2S/c1-18(2)11-5-3-10(4-6-11)17-21(19,20)12-7-8-15-13(9-12)16-14/h3-9,17H,14H2,1-2H3,(H,15,16). The molecule has 1 heterocycles. The Morgan fingerprint density at radius 2 is 1.81 bits per heavy atom. The van der Waals surface area contributed by atoms with E-state index in [0.717, 1.165) is 5.69 Å². The average Bonchev–Trinajstić information content (AvgIpc) is 2.47. The Bertz CT molecular complexity index is 714. The second-order valence-corrected chi connectivity index (χ2v) is 6.25. The molecule has 0 bridgehead atoms. The lowest BCUT2D eigenvalue weighted by molar-refractivity contribution is 0.601. The van der Waals surface area contributed by atoms with Crippen molar-refractivity contribution in [3.63, 3.8) is 0 Å². The minimum absolute atomic E-state index is 0.0853. The molecule has 0 aliphatic rings. The van der Waals surface area contributed by atoms with Crippen LogP contribution in [0.25, 0.3) is 0 Å². The second-order valence-electron chi connectivity index (χ2n) is 4.57. The summed E-state index contributed by atoms with van der Waals surface area (Å²) in [5, 5.41) is 0. The first kappa shape index (κ1) is 15.1. The summed E-state index contributed by atoms with van der Waals surface area (Å²) in [4.78, 5) is 5.89. The molecule has 112 valence electrons. The van der Waals surface area contributed by atoms with Crippen molar-refractivity contribution < 1.29 is 8.42 Å². The number of anilines is 3. The van der Waals surface area contributed by atoms with Crippen molar-refractivity contribution in [1.29, 1.82) is 0 Å². The van der Waals surface area contributed by atoms with Crippen LogP contribution in [0, 0.1) is 0 Å². The van der Waals surface area contributed by atoms with Gasteiger partial charge in [0.05, 0.1) is 4.90 Å². The Balaban J connectivity index is 2.24. The van der Waals surface area contributed by atoms with Crippen LogP contribution in [0.5, 0.6) is 0 Å². The van der Waals surface area contributed by atoms with Crippen LogP contribution in [-0.4, -0.2) is 27.5 Å². The first-order chi connectivity index (χ1) is 9.92. The van der Waals surface area contributed by atoms with Crippen molar-refractivity contribution in [3.8, 4) is 0 Å². The van der Waals surface area contributed by atoms with Gasteiger partial charge in [0.25, 0.3) is 10.0 Å². The monoisotopic (exact) mass is 307 g/mol. The molecule has 2 aromatic rings. The van der Waals surface area contributed by atoms with Gasteiger partial charge < -0.3 is 10.3 Å². The van der Waals surface area contributed by atoms with Gasteiger partial charge >= 0.3 is 0 Å². The summed E-state index contributed by atoms with van der Waals surface area (Å²) >= 11 is 0. The third kappa shape index (κ3) is 3.61. The summed E-state index contributed by atoms with van der Waals surface area (Å²) in [5.41, 5.74) is 3.78. The van der Waals surface area contributed by atoms with Gasteiger partial charge in [0, 0.05) is 37.7 Å². The summed E-state index contributed by atoms with van der Waals surface area (Å²) < 4.78 is 27.1. The van der Waals surface area contributed by atoms with Crippen LogP contribution in [0.1, 0.15) is 0 Å². The fourth-order valence-corrected chi connectivity index (χ4v) is 2.77. The van der Waals surface area contributed by atoms with Crippen LogP contribution in [-0.2, 0) is 10.0 Å². The molecule has 0 amide bonds. The minimum Gasteiger partial charge on any atom is -0.378 e. The van der Waals surface area contributed by atoms with E-state index in [1.54, 1.807) is 12.1 Å². The topological polar surface area (TPSA) is 100 Å². The number of nitrogen functional groups attached to an aromatic ring is 1. The Hall–Kier alpha value is -2.32. The molecule has 8 heteroatoms. The number of hydrogen-bond donors (Lipinski definition) is 3. The van der Waals surface area contributed by atoms with Crippen LogP contribution < -0.4 is 20.9 Å². The number of pyridine rings is 1. The molecule has 0 saturated heterocycles. The largest absolute Gasteiger partial charge is 0.378 e. The molecule has 7 nitrogen and oxygen atoms in total. The normalized spacial score (nSPS) is 11.0. The van der Waals surface area contributed by atoms with E-state index < -0.39 is 10.0 Å². The second kappa shape index (κ2) is 5.98. The van der Waals surface area contributed by atoms with Gasteiger partial charge in [-0.25, -0.2) is 19.2 Å². The number of hydrazine groups is 1. The minimum atomic E-state index is -3.68. The molecular formula is C13H17N5O2S. The molecule has 0 saturated carbocycles. The van der Waals surface area contributed by atoms with Gasteiger partial charge in [0.15, 0.2) is 0 Å². The van der Waals surface area contributed by atoms with Crippen LogP contribution in [0.4, 0.5) is 17.2 Å². The van der Waals surface area contributed by atoms with Crippen LogP contribution in [0.15, 0.2) is 47.5 Å². The number of aromatic nitrogens is 1. The third-order valence-corrected chi connectivity index (χ3v) is 4.20. The fraction of sp³-hybridized carbons (Fsp3) is 0.154. The molecule has 0 fully saturated rings. The third-order valence-electron chi connectivity index (χ3n) is 2.83. The first-order valence-corrected chi connectivity index (χ1v) is 7.63. The van der Waals surface area contributed by atoms with Crippen molar-refractivity contribution >= 4 is 27.2 Å². The number of nitrogens with zero attached hydrogens (tertiary/aromatic N) is 2. The summed E-state index contributed by atoms with van der Waals surface area (Å²) in [6.07, 6.45) is 1.37. The SMILES string of the molecule is CN(C)c1ccc(NS(=O)(=O)c2ccnc(NN)c2)cc1. The quantitative estimate of drug-likeness (QED) is 0.567. The average molecular weight is 307 g/mol. The maximum Gasteiger partial charge on any atom is 0.262 e. The number of sulfonamides is 1.